The molecule has 0 spiro atoms. The summed E-state index contributed by atoms with van der Waals surface area (Å²) in [6.07, 6.45) is 7.03. The number of nitrogens with zero attached hydrogens (tertiary/aromatic N) is 1. The number of thiazole rings is 1. The van der Waals surface area contributed by atoms with Crippen LogP contribution in [0.4, 0.5) is 11.5 Å². The third-order valence-electron chi connectivity index (χ3n) is 6.60. The van der Waals surface area contributed by atoms with Gasteiger partial charge in [0, 0.05) is 33.4 Å². The van der Waals surface area contributed by atoms with Gasteiger partial charge in [0.05, 0.1) is 11.1 Å². The van der Waals surface area contributed by atoms with Gasteiger partial charge in [0.15, 0.2) is 0 Å². The Morgan fingerprint density at radius 2 is 1.88 bits per heavy atom. The first-order valence-electron chi connectivity index (χ1n) is 11.4. The first kappa shape index (κ1) is 21.6. The number of H-pyrrole nitrogens is 1. The Kier molecular flexibility index (Phi) is 5.65. The lowest BCUT2D eigenvalue weighted by Crippen LogP contribution is -2.35. The first-order chi connectivity index (χ1) is 15.9. The molecule has 2 saturated carbocycles. The van der Waals surface area contributed by atoms with Gasteiger partial charge in [-0.3, -0.25) is 14.4 Å². The molecule has 2 aliphatic rings. The highest BCUT2D eigenvalue weighted by Gasteiger charge is 2.34. The number of carbonyl (C=O) groups excluding carboxylic acids is 3. The van der Waals surface area contributed by atoms with E-state index in [0.29, 0.717) is 33.7 Å². The number of anilines is 2. The molecule has 4 N–H and O–H groups in total. The average Bonchev–Trinajstić information content (AvgIpc) is 3.30. The van der Waals surface area contributed by atoms with Gasteiger partial charge in [0.1, 0.15) is 11.5 Å². The topological polar surface area (TPSA) is 116 Å². The van der Waals surface area contributed by atoms with Crippen molar-refractivity contribution in [2.24, 2.45) is 5.41 Å². The second kappa shape index (κ2) is 8.62. The number of nitrogens with one attached hydrogen (secondary N) is 4. The molecule has 0 atom stereocenters. The molecule has 0 saturated heterocycles. The molecule has 3 aromatic rings. The number of aromatic amines is 1. The standard InChI is InChI=1S/C24H27N5O3S/c1-24(9-3-2-4-10-24)23(32)27-15-7-8-16-17(11-15)28-20(19(16)22(31)26-14-5-6-14)29-21(30)18-12-33-13-25-18/h7-8,11-14,28H,2-6,9-10H2,1H3,(H,26,31)(H,27,32)(H,29,30). The van der Waals surface area contributed by atoms with Crippen LogP contribution in [0.2, 0.25) is 0 Å². The third kappa shape index (κ3) is 4.50. The quantitative estimate of drug-likeness (QED) is 0.423. The average molecular weight is 466 g/mol. The first-order valence-corrected chi connectivity index (χ1v) is 12.3. The lowest BCUT2D eigenvalue weighted by molar-refractivity contribution is -0.126. The zero-order valence-corrected chi connectivity index (χ0v) is 19.3. The van der Waals surface area contributed by atoms with Gasteiger partial charge >= 0.3 is 0 Å². The highest BCUT2D eigenvalue weighted by atomic mass is 32.1. The summed E-state index contributed by atoms with van der Waals surface area (Å²) in [5.41, 5.74) is 3.23. The van der Waals surface area contributed by atoms with E-state index in [1.54, 1.807) is 17.0 Å². The second-order valence-electron chi connectivity index (χ2n) is 9.29. The normalized spacial score (nSPS) is 17.5. The molecular weight excluding hydrogens is 438 g/mol. The summed E-state index contributed by atoms with van der Waals surface area (Å²) in [7, 11) is 0. The molecule has 33 heavy (non-hydrogen) atoms. The highest BCUT2D eigenvalue weighted by Crippen LogP contribution is 2.37. The van der Waals surface area contributed by atoms with E-state index in [4.69, 9.17) is 0 Å². The SMILES string of the molecule is CC1(C(=O)Nc2ccc3c(C(=O)NC4CC4)c(NC(=O)c4cscn4)[nH]c3c2)CCCCC1. The third-order valence-corrected chi connectivity index (χ3v) is 7.19. The molecule has 0 bridgehead atoms. The minimum absolute atomic E-state index is 0.0249. The molecule has 0 unspecified atom stereocenters. The predicted molar refractivity (Wildman–Crippen MR) is 129 cm³/mol. The van der Waals surface area contributed by atoms with Gasteiger partial charge in [-0.2, -0.15) is 0 Å². The van der Waals surface area contributed by atoms with E-state index < -0.39 is 0 Å². The van der Waals surface area contributed by atoms with Gasteiger partial charge in [-0.05, 0) is 43.9 Å². The molecule has 0 radical (unpaired) electrons. The van der Waals surface area contributed by atoms with Crippen LogP contribution < -0.4 is 16.0 Å². The summed E-state index contributed by atoms with van der Waals surface area (Å²) in [5, 5.41) is 11.2. The molecule has 2 heterocycles. The number of amides is 3. The molecule has 2 aromatic heterocycles. The number of hydrogen-bond acceptors (Lipinski definition) is 5. The van der Waals surface area contributed by atoms with E-state index >= 15 is 0 Å². The molecule has 2 aliphatic carbocycles. The molecule has 8 nitrogen and oxygen atoms in total. The van der Waals surface area contributed by atoms with Gasteiger partial charge in [0.25, 0.3) is 11.8 Å². The highest BCUT2D eigenvalue weighted by molar-refractivity contribution is 7.07. The fraction of sp³-hybridized carbons (Fsp3) is 0.417. The number of hydrogen-bond donors (Lipinski definition) is 4. The van der Waals surface area contributed by atoms with Crippen molar-refractivity contribution in [2.75, 3.05) is 10.6 Å². The monoisotopic (exact) mass is 465 g/mol. The van der Waals surface area contributed by atoms with Crippen molar-refractivity contribution in [3.8, 4) is 0 Å². The van der Waals surface area contributed by atoms with Crippen LogP contribution in [0.1, 0.15) is 72.7 Å². The Balaban J connectivity index is 1.44. The van der Waals surface area contributed by atoms with Crippen LogP contribution in [-0.4, -0.2) is 33.7 Å². The predicted octanol–water partition coefficient (Wildman–Crippen LogP) is 4.68. The summed E-state index contributed by atoms with van der Waals surface area (Å²) in [4.78, 5) is 45.8. The molecule has 5 rings (SSSR count). The fourth-order valence-electron chi connectivity index (χ4n) is 4.43. The summed E-state index contributed by atoms with van der Waals surface area (Å²) in [6.45, 7) is 2.03. The number of aromatic nitrogens is 2. The summed E-state index contributed by atoms with van der Waals surface area (Å²) < 4.78 is 0. The van der Waals surface area contributed by atoms with Crippen molar-refractivity contribution < 1.29 is 14.4 Å². The molecule has 172 valence electrons. The lowest BCUT2D eigenvalue weighted by atomic mass is 9.75. The lowest BCUT2D eigenvalue weighted by Gasteiger charge is -2.32. The number of fused-ring (bicyclic) bond motifs is 1. The summed E-state index contributed by atoms with van der Waals surface area (Å²) in [5.74, 6) is -0.272. The van der Waals surface area contributed by atoms with Crippen LogP contribution in [0.15, 0.2) is 29.1 Å². The van der Waals surface area contributed by atoms with Crippen molar-refractivity contribution in [2.45, 2.75) is 57.9 Å². The Labute approximate surface area is 195 Å². The summed E-state index contributed by atoms with van der Waals surface area (Å²) >= 11 is 1.33. The van der Waals surface area contributed by atoms with Crippen LogP contribution in [-0.2, 0) is 4.79 Å². The Hall–Kier alpha value is -3.20. The molecular formula is C24H27N5O3S. The van der Waals surface area contributed by atoms with Gasteiger partial charge < -0.3 is 20.9 Å². The summed E-state index contributed by atoms with van der Waals surface area (Å²) in [6, 6.07) is 5.61. The number of carbonyl (C=O) groups is 3. The molecule has 1 aromatic carbocycles. The molecule has 0 aliphatic heterocycles. The largest absolute Gasteiger partial charge is 0.349 e. The number of benzene rings is 1. The van der Waals surface area contributed by atoms with E-state index in [2.05, 4.69) is 25.9 Å². The minimum Gasteiger partial charge on any atom is -0.349 e. The molecule has 2 fully saturated rings. The van der Waals surface area contributed by atoms with Gasteiger partial charge in [-0.15, -0.1) is 11.3 Å². The van der Waals surface area contributed by atoms with Crippen LogP contribution >= 0.6 is 11.3 Å². The van der Waals surface area contributed by atoms with Crippen LogP contribution in [0.3, 0.4) is 0 Å². The van der Waals surface area contributed by atoms with Crippen molar-refractivity contribution in [3.63, 3.8) is 0 Å². The Morgan fingerprint density at radius 3 is 2.58 bits per heavy atom. The Morgan fingerprint density at radius 1 is 1.09 bits per heavy atom. The van der Waals surface area contributed by atoms with E-state index in [-0.39, 0.29) is 29.2 Å². The van der Waals surface area contributed by atoms with Gasteiger partial charge in [-0.25, -0.2) is 4.98 Å². The van der Waals surface area contributed by atoms with Crippen LogP contribution in [0.25, 0.3) is 10.9 Å². The smallest absolute Gasteiger partial charge is 0.276 e. The van der Waals surface area contributed by atoms with Crippen molar-refractivity contribution in [1.29, 1.82) is 0 Å². The zero-order valence-electron chi connectivity index (χ0n) is 18.5. The minimum atomic E-state index is -0.387. The van der Waals surface area contributed by atoms with Crippen molar-refractivity contribution >= 4 is 51.5 Å². The van der Waals surface area contributed by atoms with Crippen LogP contribution in [0, 0.1) is 5.41 Å². The number of rotatable bonds is 6. The maximum absolute atomic E-state index is 13.0. The van der Waals surface area contributed by atoms with Gasteiger partial charge in [0.2, 0.25) is 5.91 Å². The zero-order chi connectivity index (χ0) is 23.0. The maximum atomic E-state index is 13.0. The van der Waals surface area contributed by atoms with Gasteiger partial charge in [-0.1, -0.05) is 26.2 Å². The van der Waals surface area contributed by atoms with Crippen LogP contribution in [0.5, 0.6) is 0 Å². The van der Waals surface area contributed by atoms with E-state index in [1.165, 1.54) is 17.8 Å². The van der Waals surface area contributed by atoms with E-state index in [0.717, 1.165) is 38.5 Å². The van der Waals surface area contributed by atoms with E-state index in [9.17, 15) is 14.4 Å². The molecule has 9 heteroatoms. The van der Waals surface area contributed by atoms with Crippen molar-refractivity contribution in [1.82, 2.24) is 15.3 Å². The van der Waals surface area contributed by atoms with E-state index in [1.807, 2.05) is 19.1 Å². The Bertz CT molecular complexity index is 1210. The van der Waals surface area contributed by atoms with Crippen molar-refractivity contribution in [3.05, 3.63) is 40.3 Å². The maximum Gasteiger partial charge on any atom is 0.276 e. The molecule has 3 amide bonds. The second-order valence-corrected chi connectivity index (χ2v) is 10.0. The fourth-order valence-corrected chi connectivity index (χ4v) is 4.97.